The first-order valence-corrected chi connectivity index (χ1v) is 9.89. The molecule has 8 heteroatoms. The third-order valence-electron chi connectivity index (χ3n) is 3.21. The van der Waals surface area contributed by atoms with Crippen LogP contribution >= 0.6 is 35.1 Å². The minimum atomic E-state index is -0.127. The van der Waals surface area contributed by atoms with Gasteiger partial charge in [0.2, 0.25) is 11.8 Å². The summed E-state index contributed by atoms with van der Waals surface area (Å²) in [6.45, 7) is 0. The fourth-order valence-corrected chi connectivity index (χ4v) is 3.28. The highest BCUT2D eigenvalue weighted by Gasteiger charge is 2.12. The number of anilines is 1. The first-order valence-electron chi connectivity index (χ1n) is 7.31. The molecule has 1 amide bonds. The standard InChI is InChI=1S/C17H14ClN3O2S2/c1-24-14-5-3-2-4-13(14)19-15(22)10-25-17-21-20-16(23-17)11-6-8-12(18)9-7-11/h2-9H,10H2,1H3,(H,19,22). The molecule has 0 radical (unpaired) electrons. The number of rotatable bonds is 6. The number of hydrogen-bond donors (Lipinski definition) is 1. The van der Waals surface area contributed by atoms with Crippen LogP contribution < -0.4 is 5.32 Å². The van der Waals surface area contributed by atoms with Crippen molar-refractivity contribution in [1.29, 1.82) is 0 Å². The van der Waals surface area contributed by atoms with Crippen LogP contribution in [0, 0.1) is 0 Å². The van der Waals surface area contributed by atoms with Crippen molar-refractivity contribution in [2.24, 2.45) is 0 Å². The predicted octanol–water partition coefficient (Wildman–Crippen LogP) is 4.84. The Morgan fingerprint density at radius 1 is 1.16 bits per heavy atom. The first-order chi connectivity index (χ1) is 12.2. The normalized spacial score (nSPS) is 10.6. The first kappa shape index (κ1) is 17.8. The zero-order valence-corrected chi connectivity index (χ0v) is 15.6. The molecule has 2 aromatic carbocycles. The van der Waals surface area contributed by atoms with Gasteiger partial charge in [-0.3, -0.25) is 4.79 Å². The lowest BCUT2D eigenvalue weighted by Gasteiger charge is -2.08. The molecule has 5 nitrogen and oxygen atoms in total. The minimum Gasteiger partial charge on any atom is -0.411 e. The van der Waals surface area contributed by atoms with Crippen LogP contribution in [-0.4, -0.2) is 28.1 Å². The second kappa shape index (κ2) is 8.42. The summed E-state index contributed by atoms with van der Waals surface area (Å²) >= 11 is 8.64. The van der Waals surface area contributed by atoms with Crippen LogP contribution in [0.2, 0.25) is 5.02 Å². The third-order valence-corrected chi connectivity index (χ3v) is 5.07. The number of hydrogen-bond acceptors (Lipinski definition) is 6. The maximum atomic E-state index is 12.1. The summed E-state index contributed by atoms with van der Waals surface area (Å²) < 4.78 is 5.57. The van der Waals surface area contributed by atoms with Crippen LogP contribution in [0.3, 0.4) is 0 Å². The van der Waals surface area contributed by atoms with Crippen LogP contribution in [0.5, 0.6) is 0 Å². The van der Waals surface area contributed by atoms with Crippen molar-refractivity contribution in [3.63, 3.8) is 0 Å². The Labute approximate surface area is 158 Å². The number of aromatic nitrogens is 2. The van der Waals surface area contributed by atoms with Gasteiger partial charge in [0.1, 0.15) is 0 Å². The summed E-state index contributed by atoms with van der Waals surface area (Å²) in [7, 11) is 0. The Balaban J connectivity index is 1.58. The van der Waals surface area contributed by atoms with Crippen molar-refractivity contribution in [3.05, 3.63) is 53.6 Å². The van der Waals surface area contributed by atoms with E-state index in [9.17, 15) is 4.79 Å². The zero-order valence-electron chi connectivity index (χ0n) is 13.2. The lowest BCUT2D eigenvalue weighted by atomic mass is 10.2. The fraction of sp³-hybridized carbons (Fsp3) is 0.118. The van der Waals surface area contributed by atoms with Crippen molar-refractivity contribution >= 4 is 46.7 Å². The summed E-state index contributed by atoms with van der Waals surface area (Å²) in [6, 6.07) is 14.8. The van der Waals surface area contributed by atoms with Gasteiger partial charge in [0, 0.05) is 15.5 Å². The molecule has 1 N–H and O–H groups in total. The second-order valence-electron chi connectivity index (χ2n) is 4.92. The number of benzene rings is 2. The molecule has 3 aromatic rings. The van der Waals surface area contributed by atoms with E-state index in [1.807, 2.05) is 30.5 Å². The zero-order chi connectivity index (χ0) is 17.6. The maximum absolute atomic E-state index is 12.1. The van der Waals surface area contributed by atoms with Crippen LogP contribution in [0.1, 0.15) is 0 Å². The SMILES string of the molecule is CSc1ccccc1NC(=O)CSc1nnc(-c2ccc(Cl)cc2)o1. The minimum absolute atomic E-state index is 0.127. The van der Waals surface area contributed by atoms with E-state index < -0.39 is 0 Å². The lowest BCUT2D eigenvalue weighted by Crippen LogP contribution is -2.14. The number of thioether (sulfide) groups is 2. The molecule has 0 saturated heterocycles. The molecule has 0 spiro atoms. The third kappa shape index (κ3) is 4.78. The highest BCUT2D eigenvalue weighted by atomic mass is 35.5. The molecule has 128 valence electrons. The van der Waals surface area contributed by atoms with Crippen molar-refractivity contribution < 1.29 is 9.21 Å². The summed E-state index contributed by atoms with van der Waals surface area (Å²) in [4.78, 5) is 13.1. The molecule has 0 bridgehead atoms. The predicted molar refractivity (Wildman–Crippen MR) is 102 cm³/mol. The molecule has 0 unspecified atom stereocenters. The van der Waals surface area contributed by atoms with Crippen molar-refractivity contribution in [2.45, 2.75) is 10.1 Å². The molecule has 0 aliphatic heterocycles. The van der Waals surface area contributed by atoms with E-state index in [0.29, 0.717) is 16.1 Å². The van der Waals surface area contributed by atoms with E-state index in [1.165, 1.54) is 11.8 Å². The average Bonchev–Trinajstić information content (AvgIpc) is 3.10. The number of carbonyl (C=O) groups is 1. The van der Waals surface area contributed by atoms with Crippen LogP contribution in [0.25, 0.3) is 11.5 Å². The van der Waals surface area contributed by atoms with Crippen LogP contribution in [-0.2, 0) is 4.79 Å². The van der Waals surface area contributed by atoms with Gasteiger partial charge in [-0.25, -0.2) is 0 Å². The molecule has 0 atom stereocenters. The molecule has 0 aliphatic rings. The highest BCUT2D eigenvalue weighted by molar-refractivity contribution is 7.99. The molecule has 1 aromatic heterocycles. The molecule has 3 rings (SSSR count). The average molecular weight is 392 g/mol. The van der Waals surface area contributed by atoms with E-state index >= 15 is 0 Å². The Morgan fingerprint density at radius 3 is 2.68 bits per heavy atom. The lowest BCUT2D eigenvalue weighted by molar-refractivity contribution is -0.113. The number of carbonyl (C=O) groups excluding carboxylic acids is 1. The Kier molecular flexibility index (Phi) is 6.01. The summed E-state index contributed by atoms with van der Waals surface area (Å²) in [6.07, 6.45) is 1.97. The number of para-hydroxylation sites is 1. The van der Waals surface area contributed by atoms with Crippen LogP contribution in [0.15, 0.2) is 63.1 Å². The monoisotopic (exact) mass is 391 g/mol. The van der Waals surface area contributed by atoms with Gasteiger partial charge < -0.3 is 9.73 Å². The molecule has 0 saturated carbocycles. The molecular weight excluding hydrogens is 378 g/mol. The number of halogens is 1. The smallest absolute Gasteiger partial charge is 0.277 e. The topological polar surface area (TPSA) is 68.0 Å². The van der Waals surface area contributed by atoms with Gasteiger partial charge in [0.05, 0.1) is 11.4 Å². The van der Waals surface area contributed by atoms with Gasteiger partial charge in [-0.15, -0.1) is 22.0 Å². The van der Waals surface area contributed by atoms with Gasteiger partial charge in [0.25, 0.3) is 5.22 Å². The van der Waals surface area contributed by atoms with Crippen molar-refractivity contribution in [1.82, 2.24) is 10.2 Å². The van der Waals surface area contributed by atoms with Crippen molar-refractivity contribution in [2.75, 3.05) is 17.3 Å². The van der Waals surface area contributed by atoms with E-state index in [4.69, 9.17) is 16.0 Å². The maximum Gasteiger partial charge on any atom is 0.277 e. The molecule has 25 heavy (non-hydrogen) atoms. The van der Waals surface area contributed by atoms with Gasteiger partial charge in [0.15, 0.2) is 0 Å². The van der Waals surface area contributed by atoms with Crippen molar-refractivity contribution in [3.8, 4) is 11.5 Å². The van der Waals surface area contributed by atoms with Gasteiger partial charge in [-0.1, -0.05) is 35.5 Å². The van der Waals surface area contributed by atoms with Gasteiger partial charge in [-0.2, -0.15) is 0 Å². The Hall–Kier alpha value is -1.96. The van der Waals surface area contributed by atoms with Gasteiger partial charge >= 0.3 is 0 Å². The molecule has 1 heterocycles. The number of nitrogens with zero attached hydrogens (tertiary/aromatic N) is 2. The fourth-order valence-electron chi connectivity index (χ4n) is 2.04. The Morgan fingerprint density at radius 2 is 1.92 bits per heavy atom. The van der Waals surface area contributed by atoms with E-state index in [0.717, 1.165) is 16.1 Å². The molecular formula is C17H14ClN3O2S2. The van der Waals surface area contributed by atoms with Gasteiger partial charge in [-0.05, 0) is 42.7 Å². The summed E-state index contributed by atoms with van der Waals surface area (Å²) in [5.74, 6) is 0.454. The van der Waals surface area contributed by atoms with E-state index in [2.05, 4.69) is 15.5 Å². The Bertz CT molecular complexity index is 868. The second-order valence-corrected chi connectivity index (χ2v) is 7.13. The quantitative estimate of drug-likeness (QED) is 0.606. The molecule has 0 aliphatic carbocycles. The number of amides is 1. The largest absolute Gasteiger partial charge is 0.411 e. The van der Waals surface area contributed by atoms with Crippen LogP contribution in [0.4, 0.5) is 5.69 Å². The summed E-state index contributed by atoms with van der Waals surface area (Å²) in [5, 5.41) is 11.8. The van der Waals surface area contributed by atoms with E-state index in [-0.39, 0.29) is 11.7 Å². The summed E-state index contributed by atoms with van der Waals surface area (Å²) in [5.41, 5.74) is 1.58. The number of nitrogens with one attached hydrogen (secondary N) is 1. The highest BCUT2D eigenvalue weighted by Crippen LogP contribution is 2.26. The van der Waals surface area contributed by atoms with E-state index in [1.54, 1.807) is 36.0 Å². The molecule has 0 fully saturated rings.